The zero-order valence-electron chi connectivity index (χ0n) is 13.3. The Hall–Kier alpha value is -2.11. The highest BCUT2D eigenvalue weighted by Crippen LogP contribution is 2.22. The quantitative estimate of drug-likeness (QED) is 0.921. The van der Waals surface area contributed by atoms with Crippen LogP contribution in [0.15, 0.2) is 47.1 Å². The van der Waals surface area contributed by atoms with Gasteiger partial charge in [-0.3, -0.25) is 9.69 Å². The zero-order chi connectivity index (χ0) is 16.1. The van der Waals surface area contributed by atoms with Crippen molar-refractivity contribution in [2.75, 3.05) is 32.8 Å². The Balaban J connectivity index is 1.72. The molecule has 2 aromatic rings. The van der Waals surface area contributed by atoms with Crippen LogP contribution in [-0.4, -0.2) is 43.7 Å². The van der Waals surface area contributed by atoms with E-state index in [1.54, 1.807) is 12.1 Å². The molecular weight excluding hydrogens is 292 g/mol. The molecule has 0 spiro atoms. The van der Waals surface area contributed by atoms with Crippen LogP contribution < -0.4 is 5.32 Å². The number of benzene rings is 1. The summed E-state index contributed by atoms with van der Waals surface area (Å²) in [5.74, 6) is 0.162. The lowest BCUT2D eigenvalue weighted by atomic mass is 10.0. The molecule has 1 aromatic heterocycles. The van der Waals surface area contributed by atoms with Gasteiger partial charge in [0, 0.05) is 19.6 Å². The van der Waals surface area contributed by atoms with E-state index in [1.165, 1.54) is 17.4 Å². The van der Waals surface area contributed by atoms with Crippen LogP contribution >= 0.6 is 0 Å². The van der Waals surface area contributed by atoms with Gasteiger partial charge in [0.1, 0.15) is 0 Å². The molecule has 0 saturated carbocycles. The number of furan rings is 1. The number of hydrogen-bond donors (Lipinski definition) is 1. The number of rotatable bonds is 5. The lowest BCUT2D eigenvalue weighted by molar-refractivity contribution is 0.0161. The predicted octanol–water partition coefficient (Wildman–Crippen LogP) is 2.39. The molecule has 2 heterocycles. The Morgan fingerprint density at radius 2 is 1.96 bits per heavy atom. The van der Waals surface area contributed by atoms with Gasteiger partial charge in [0.15, 0.2) is 5.76 Å². The van der Waals surface area contributed by atoms with Gasteiger partial charge in [0.05, 0.1) is 25.5 Å². The van der Waals surface area contributed by atoms with Crippen molar-refractivity contribution < 1.29 is 13.9 Å². The molecule has 1 aliphatic rings. The Labute approximate surface area is 136 Å². The second kappa shape index (κ2) is 7.44. The Morgan fingerprint density at radius 1 is 1.22 bits per heavy atom. The number of ether oxygens (including phenoxy) is 1. The third-order valence-electron chi connectivity index (χ3n) is 4.15. The SMILES string of the molecule is Cc1ccc([C@H](CNC(=O)c2ccco2)N2CCOCC2)cc1. The van der Waals surface area contributed by atoms with Crippen molar-refractivity contribution in [3.05, 3.63) is 59.5 Å². The largest absolute Gasteiger partial charge is 0.459 e. The first kappa shape index (κ1) is 15.8. The van der Waals surface area contributed by atoms with Gasteiger partial charge >= 0.3 is 0 Å². The maximum Gasteiger partial charge on any atom is 0.287 e. The summed E-state index contributed by atoms with van der Waals surface area (Å²) in [6.07, 6.45) is 1.51. The lowest BCUT2D eigenvalue weighted by Crippen LogP contribution is -2.43. The summed E-state index contributed by atoms with van der Waals surface area (Å²) in [7, 11) is 0. The minimum atomic E-state index is -0.180. The highest BCUT2D eigenvalue weighted by atomic mass is 16.5. The van der Waals surface area contributed by atoms with Crippen LogP contribution in [0.5, 0.6) is 0 Å². The van der Waals surface area contributed by atoms with Crippen LogP contribution in [0.3, 0.4) is 0 Å². The van der Waals surface area contributed by atoms with Crippen molar-refractivity contribution in [3.8, 4) is 0 Å². The standard InChI is InChI=1S/C18H22N2O3/c1-14-4-6-15(7-5-14)16(20-8-11-22-12-9-20)13-19-18(21)17-3-2-10-23-17/h2-7,10,16H,8-9,11-13H2,1H3,(H,19,21)/t16-/m0/s1. The van der Waals surface area contributed by atoms with E-state index in [2.05, 4.69) is 41.4 Å². The molecule has 122 valence electrons. The van der Waals surface area contributed by atoms with Gasteiger partial charge in [-0.2, -0.15) is 0 Å². The van der Waals surface area contributed by atoms with Crippen LogP contribution in [-0.2, 0) is 4.74 Å². The molecule has 0 unspecified atom stereocenters. The van der Waals surface area contributed by atoms with Crippen LogP contribution in [0.2, 0.25) is 0 Å². The van der Waals surface area contributed by atoms with Crippen molar-refractivity contribution in [2.24, 2.45) is 0 Å². The number of aryl methyl sites for hydroxylation is 1. The first-order chi connectivity index (χ1) is 11.2. The summed E-state index contributed by atoms with van der Waals surface area (Å²) >= 11 is 0. The minimum Gasteiger partial charge on any atom is -0.459 e. The van der Waals surface area contributed by atoms with Crippen molar-refractivity contribution >= 4 is 5.91 Å². The second-order valence-electron chi connectivity index (χ2n) is 5.76. The number of morpholine rings is 1. The molecule has 5 heteroatoms. The van der Waals surface area contributed by atoms with Gasteiger partial charge in [-0.15, -0.1) is 0 Å². The molecule has 0 bridgehead atoms. The summed E-state index contributed by atoms with van der Waals surface area (Å²) < 4.78 is 10.6. The zero-order valence-corrected chi connectivity index (χ0v) is 13.3. The van der Waals surface area contributed by atoms with Crippen molar-refractivity contribution in [1.29, 1.82) is 0 Å². The fourth-order valence-corrected chi connectivity index (χ4v) is 2.82. The molecule has 1 amide bonds. The van der Waals surface area contributed by atoms with Crippen molar-refractivity contribution in [3.63, 3.8) is 0 Å². The second-order valence-corrected chi connectivity index (χ2v) is 5.76. The minimum absolute atomic E-state index is 0.137. The third-order valence-corrected chi connectivity index (χ3v) is 4.15. The van der Waals surface area contributed by atoms with E-state index < -0.39 is 0 Å². The van der Waals surface area contributed by atoms with Gasteiger partial charge in [0.25, 0.3) is 5.91 Å². The molecule has 5 nitrogen and oxygen atoms in total. The number of hydrogen-bond acceptors (Lipinski definition) is 4. The maximum atomic E-state index is 12.1. The first-order valence-electron chi connectivity index (χ1n) is 7.94. The Kier molecular flexibility index (Phi) is 5.10. The first-order valence-corrected chi connectivity index (χ1v) is 7.94. The van der Waals surface area contributed by atoms with Crippen LogP contribution in [0.4, 0.5) is 0 Å². The average molecular weight is 314 g/mol. The topological polar surface area (TPSA) is 54.7 Å². The van der Waals surface area contributed by atoms with Crippen LogP contribution in [0.25, 0.3) is 0 Å². The van der Waals surface area contributed by atoms with Crippen molar-refractivity contribution in [2.45, 2.75) is 13.0 Å². The summed E-state index contributed by atoms with van der Waals surface area (Å²) in [5, 5.41) is 2.98. The number of carbonyl (C=O) groups is 1. The molecular formula is C18H22N2O3. The fraction of sp³-hybridized carbons (Fsp3) is 0.389. The normalized spacial score (nSPS) is 16.9. The van der Waals surface area contributed by atoms with Crippen LogP contribution in [0, 0.1) is 6.92 Å². The van der Waals surface area contributed by atoms with Gasteiger partial charge < -0.3 is 14.5 Å². The Bertz CT molecular complexity index is 616. The van der Waals surface area contributed by atoms with Gasteiger partial charge in [-0.05, 0) is 24.6 Å². The highest BCUT2D eigenvalue weighted by molar-refractivity contribution is 5.91. The van der Waals surface area contributed by atoms with Crippen LogP contribution in [0.1, 0.15) is 27.7 Å². The number of amides is 1. The van der Waals surface area contributed by atoms with Gasteiger partial charge in [0.2, 0.25) is 0 Å². The summed E-state index contributed by atoms with van der Waals surface area (Å²) in [6.45, 7) is 5.82. The molecule has 1 N–H and O–H groups in total. The van der Waals surface area contributed by atoms with Gasteiger partial charge in [-0.25, -0.2) is 0 Å². The van der Waals surface area contributed by atoms with E-state index in [0.29, 0.717) is 12.3 Å². The van der Waals surface area contributed by atoms with Gasteiger partial charge in [-0.1, -0.05) is 29.8 Å². The number of carbonyl (C=O) groups excluding carboxylic acids is 1. The fourth-order valence-electron chi connectivity index (χ4n) is 2.82. The molecule has 0 aliphatic carbocycles. The van der Waals surface area contributed by atoms with E-state index in [1.807, 2.05) is 0 Å². The smallest absolute Gasteiger partial charge is 0.287 e. The van der Waals surface area contributed by atoms with E-state index in [-0.39, 0.29) is 11.9 Å². The predicted molar refractivity (Wildman–Crippen MR) is 87.4 cm³/mol. The molecule has 3 rings (SSSR count). The molecule has 1 saturated heterocycles. The number of nitrogens with zero attached hydrogens (tertiary/aromatic N) is 1. The summed E-state index contributed by atoms with van der Waals surface area (Å²) in [4.78, 5) is 14.5. The average Bonchev–Trinajstić information content (AvgIpc) is 3.12. The maximum absolute atomic E-state index is 12.1. The third kappa shape index (κ3) is 4.00. The van der Waals surface area contributed by atoms with E-state index in [9.17, 15) is 4.79 Å². The van der Waals surface area contributed by atoms with Crippen molar-refractivity contribution in [1.82, 2.24) is 10.2 Å². The summed E-state index contributed by atoms with van der Waals surface area (Å²) in [6, 6.07) is 12.0. The lowest BCUT2D eigenvalue weighted by Gasteiger charge is -2.35. The summed E-state index contributed by atoms with van der Waals surface area (Å²) in [5.41, 5.74) is 2.44. The monoisotopic (exact) mass is 314 g/mol. The molecule has 23 heavy (non-hydrogen) atoms. The number of nitrogens with one attached hydrogen (secondary N) is 1. The molecule has 1 fully saturated rings. The Morgan fingerprint density at radius 3 is 2.61 bits per heavy atom. The molecule has 0 radical (unpaired) electrons. The van der Waals surface area contributed by atoms with E-state index in [0.717, 1.165) is 26.3 Å². The highest BCUT2D eigenvalue weighted by Gasteiger charge is 2.23. The van der Waals surface area contributed by atoms with E-state index >= 15 is 0 Å². The molecule has 1 aromatic carbocycles. The van der Waals surface area contributed by atoms with E-state index in [4.69, 9.17) is 9.15 Å². The molecule has 1 aliphatic heterocycles. The molecule has 1 atom stereocenters.